The highest BCUT2D eigenvalue weighted by Gasteiger charge is 2.38. The van der Waals surface area contributed by atoms with E-state index < -0.39 is 35.4 Å². The number of nitrogens with two attached hydrogens (primary N) is 1. The van der Waals surface area contributed by atoms with E-state index in [2.05, 4.69) is 15.4 Å². The second-order valence-electron chi connectivity index (χ2n) is 9.05. The number of halogens is 4. The molecule has 5 rings (SSSR count). The zero-order valence-electron chi connectivity index (χ0n) is 20.0. The van der Waals surface area contributed by atoms with E-state index in [9.17, 15) is 27.2 Å². The maximum absolute atomic E-state index is 14.8. The molecule has 38 heavy (non-hydrogen) atoms. The molecule has 1 aliphatic heterocycles. The Morgan fingerprint density at radius 1 is 1.08 bits per heavy atom. The average Bonchev–Trinajstić information content (AvgIpc) is 3.46. The molecule has 2 aromatic heterocycles. The zero-order valence-corrected chi connectivity index (χ0v) is 20.0. The third-order valence-corrected chi connectivity index (χ3v) is 6.54. The number of carbonyl (C=O) groups is 2. The van der Waals surface area contributed by atoms with Crippen LogP contribution in [0.5, 0.6) is 0 Å². The number of nitrogen functional groups attached to an aromatic ring is 1. The number of hydrogen-bond acceptors (Lipinski definition) is 5. The van der Waals surface area contributed by atoms with Gasteiger partial charge in [-0.15, -0.1) is 0 Å². The van der Waals surface area contributed by atoms with Crippen molar-refractivity contribution in [3.05, 3.63) is 83.2 Å². The van der Waals surface area contributed by atoms with E-state index in [1.807, 2.05) is 0 Å². The van der Waals surface area contributed by atoms with Gasteiger partial charge in [0, 0.05) is 23.2 Å². The smallest absolute Gasteiger partial charge is 0.382 e. The summed E-state index contributed by atoms with van der Waals surface area (Å²) in [6, 6.07) is 12.9. The Balaban J connectivity index is 1.42. The van der Waals surface area contributed by atoms with Crippen LogP contribution in [0.2, 0.25) is 0 Å². The largest absolute Gasteiger partial charge is 0.418 e. The molecule has 2 amide bonds. The fourth-order valence-electron chi connectivity index (χ4n) is 4.59. The molecule has 0 bridgehead atoms. The van der Waals surface area contributed by atoms with Crippen molar-refractivity contribution in [3.8, 4) is 11.3 Å². The zero-order chi connectivity index (χ0) is 27.2. The van der Waals surface area contributed by atoms with Gasteiger partial charge in [-0.25, -0.2) is 13.9 Å². The predicted octanol–water partition coefficient (Wildman–Crippen LogP) is 3.90. The van der Waals surface area contributed by atoms with Crippen LogP contribution in [0, 0.1) is 6.92 Å². The van der Waals surface area contributed by atoms with Gasteiger partial charge in [-0.3, -0.25) is 9.59 Å². The van der Waals surface area contributed by atoms with Crippen LogP contribution in [-0.4, -0.2) is 56.6 Å². The van der Waals surface area contributed by atoms with Gasteiger partial charge in [0.15, 0.2) is 5.82 Å². The molecule has 1 aliphatic rings. The normalized spacial score (nSPS) is 17.7. The van der Waals surface area contributed by atoms with E-state index in [1.165, 1.54) is 11.0 Å². The first-order chi connectivity index (χ1) is 18.0. The number of benzene rings is 2. The van der Waals surface area contributed by atoms with Crippen molar-refractivity contribution in [1.82, 2.24) is 24.8 Å². The molecule has 3 N–H and O–H groups in total. The lowest BCUT2D eigenvalue weighted by molar-refractivity contribution is -0.136. The first-order valence-corrected chi connectivity index (χ1v) is 11.6. The number of nitrogens with zero attached hydrogens (tertiary/aromatic N) is 4. The van der Waals surface area contributed by atoms with E-state index in [-0.39, 0.29) is 41.6 Å². The van der Waals surface area contributed by atoms with Gasteiger partial charge in [0.1, 0.15) is 18.0 Å². The van der Waals surface area contributed by atoms with Crippen LogP contribution in [0.1, 0.15) is 31.8 Å². The second kappa shape index (κ2) is 9.43. The molecular weight excluding hydrogens is 504 g/mol. The van der Waals surface area contributed by atoms with Crippen molar-refractivity contribution in [3.63, 3.8) is 0 Å². The Kier molecular flexibility index (Phi) is 6.25. The highest BCUT2D eigenvalue weighted by Crippen LogP contribution is 2.38. The van der Waals surface area contributed by atoms with E-state index in [4.69, 9.17) is 5.73 Å². The summed E-state index contributed by atoms with van der Waals surface area (Å²) in [6.07, 6.45) is -5.16. The van der Waals surface area contributed by atoms with Crippen LogP contribution in [-0.2, 0) is 6.18 Å². The Morgan fingerprint density at radius 3 is 2.53 bits per heavy atom. The summed E-state index contributed by atoms with van der Waals surface area (Å²) in [5, 5.41) is 6.57. The molecule has 4 aromatic rings. The van der Waals surface area contributed by atoms with Gasteiger partial charge in [0.25, 0.3) is 11.8 Å². The maximum Gasteiger partial charge on any atom is 0.418 e. The molecular formula is C26H22F4N6O2. The molecule has 196 valence electrons. The molecule has 3 heterocycles. The summed E-state index contributed by atoms with van der Waals surface area (Å²) in [5.41, 5.74) is 5.74. The van der Waals surface area contributed by atoms with Gasteiger partial charge in [-0.1, -0.05) is 30.3 Å². The van der Waals surface area contributed by atoms with Gasteiger partial charge >= 0.3 is 6.18 Å². The molecule has 1 saturated heterocycles. The Hall–Kier alpha value is -4.48. The topological polar surface area (TPSA) is 106 Å². The molecule has 0 radical (unpaired) electrons. The average molecular weight is 526 g/mol. The molecule has 12 heteroatoms. The van der Waals surface area contributed by atoms with Crippen molar-refractivity contribution in [2.45, 2.75) is 25.3 Å². The van der Waals surface area contributed by atoms with Gasteiger partial charge < -0.3 is 16.0 Å². The fourth-order valence-corrected chi connectivity index (χ4v) is 4.59. The minimum atomic E-state index is -4.71. The number of fused-ring (bicyclic) bond motifs is 1. The first kappa shape index (κ1) is 25.2. The lowest BCUT2D eigenvalue weighted by Gasteiger charge is -2.17. The van der Waals surface area contributed by atoms with Crippen molar-refractivity contribution in [1.29, 1.82) is 0 Å². The molecule has 0 spiro atoms. The van der Waals surface area contributed by atoms with Crippen molar-refractivity contribution in [2.75, 3.05) is 18.8 Å². The molecule has 0 saturated carbocycles. The fraction of sp³-hybridized carbons (Fsp3) is 0.231. The number of amides is 2. The monoisotopic (exact) mass is 526 g/mol. The summed E-state index contributed by atoms with van der Waals surface area (Å²) in [4.78, 5) is 30.9. The van der Waals surface area contributed by atoms with Gasteiger partial charge in [0.05, 0.1) is 23.8 Å². The summed E-state index contributed by atoms with van der Waals surface area (Å²) >= 11 is 0. The van der Waals surface area contributed by atoms with Crippen LogP contribution in [0.25, 0.3) is 16.8 Å². The number of nitrogens with one attached hydrogen (secondary N) is 1. The number of carbonyl (C=O) groups excluding carboxylic acids is 2. The molecule has 2 aromatic carbocycles. The number of hydrogen-bond donors (Lipinski definition) is 2. The van der Waals surface area contributed by atoms with Gasteiger partial charge in [-0.05, 0) is 36.8 Å². The van der Waals surface area contributed by atoms with Crippen molar-refractivity contribution >= 4 is 23.1 Å². The summed E-state index contributed by atoms with van der Waals surface area (Å²) in [5.74, 6) is -1.30. The molecule has 0 aliphatic carbocycles. The maximum atomic E-state index is 14.8. The predicted molar refractivity (Wildman–Crippen MR) is 131 cm³/mol. The summed E-state index contributed by atoms with van der Waals surface area (Å²) in [6.45, 7) is 1.46. The molecule has 2 atom stereocenters. The highest BCUT2D eigenvalue weighted by molar-refractivity contribution is 5.98. The van der Waals surface area contributed by atoms with Crippen molar-refractivity contribution < 1.29 is 27.2 Å². The van der Waals surface area contributed by atoms with E-state index in [0.29, 0.717) is 11.1 Å². The van der Waals surface area contributed by atoms with Crippen molar-refractivity contribution in [2.24, 2.45) is 0 Å². The van der Waals surface area contributed by atoms with Crippen LogP contribution in [0.15, 0.2) is 60.9 Å². The quantitative estimate of drug-likeness (QED) is 0.393. The third kappa shape index (κ3) is 4.53. The Bertz CT molecular complexity index is 1540. The molecule has 0 unspecified atom stereocenters. The summed E-state index contributed by atoms with van der Waals surface area (Å²) < 4.78 is 57.0. The molecule has 1 fully saturated rings. The standard InChI is InChI=1S/C26H22F4N6O2/c1-14-7-8-16(21-10-18(26(28,29)30)22-23(31)32-13-33-36(21)22)9-17(14)24(37)34-20-12-35(11-19(20)27)25(38)15-5-3-2-4-6-15/h2-10,13,19-20H,11-12H2,1H3,(H,34,37)(H2,31,32,33)/t19-,20+/m0/s1. The highest BCUT2D eigenvalue weighted by atomic mass is 19.4. The van der Waals surface area contributed by atoms with Crippen LogP contribution in [0.4, 0.5) is 23.4 Å². The van der Waals surface area contributed by atoms with E-state index in [0.717, 1.165) is 16.9 Å². The van der Waals surface area contributed by atoms with E-state index >= 15 is 0 Å². The number of aromatic nitrogens is 3. The van der Waals surface area contributed by atoms with Crippen LogP contribution >= 0.6 is 0 Å². The SMILES string of the molecule is Cc1ccc(-c2cc(C(F)(F)F)c3c(N)ncnn23)cc1C(=O)N[C@@H]1CN(C(=O)c2ccccc2)C[C@@H]1F. The van der Waals surface area contributed by atoms with Gasteiger partial charge in [0.2, 0.25) is 0 Å². The number of likely N-dealkylation sites (tertiary alicyclic amines) is 1. The number of rotatable bonds is 4. The third-order valence-electron chi connectivity index (χ3n) is 6.54. The summed E-state index contributed by atoms with van der Waals surface area (Å²) in [7, 11) is 0. The first-order valence-electron chi connectivity index (χ1n) is 11.6. The minimum absolute atomic E-state index is 0.0200. The van der Waals surface area contributed by atoms with Crippen LogP contribution in [0.3, 0.4) is 0 Å². The number of alkyl halides is 4. The number of anilines is 1. The molecule has 8 nitrogen and oxygen atoms in total. The van der Waals surface area contributed by atoms with Gasteiger partial charge in [-0.2, -0.15) is 18.3 Å². The minimum Gasteiger partial charge on any atom is -0.382 e. The lowest BCUT2D eigenvalue weighted by Crippen LogP contribution is -2.42. The van der Waals surface area contributed by atoms with Crippen LogP contribution < -0.4 is 11.1 Å². The number of aryl methyl sites for hydroxylation is 1. The second-order valence-corrected chi connectivity index (χ2v) is 9.05. The lowest BCUT2D eigenvalue weighted by atomic mass is 10.0. The van der Waals surface area contributed by atoms with E-state index in [1.54, 1.807) is 49.4 Å². The Labute approximate surface area is 214 Å². The Morgan fingerprint density at radius 2 is 1.82 bits per heavy atom.